The van der Waals surface area contributed by atoms with Crippen molar-refractivity contribution in [1.29, 1.82) is 0 Å². The average molecular weight is 225 g/mol. The van der Waals surface area contributed by atoms with Gasteiger partial charge >= 0.3 is 5.97 Å². The minimum Gasteiger partial charge on any atom is -0.480 e. The van der Waals surface area contributed by atoms with Crippen LogP contribution in [0.2, 0.25) is 0 Å². The van der Waals surface area contributed by atoms with Crippen LogP contribution in [0.15, 0.2) is 16.5 Å². The van der Waals surface area contributed by atoms with Crippen molar-refractivity contribution in [1.82, 2.24) is 4.90 Å². The first-order chi connectivity index (χ1) is 7.54. The van der Waals surface area contributed by atoms with Gasteiger partial charge in [0.05, 0.1) is 0 Å². The zero-order chi connectivity index (χ0) is 12.1. The van der Waals surface area contributed by atoms with Crippen LogP contribution in [0.4, 0.5) is 0 Å². The van der Waals surface area contributed by atoms with E-state index < -0.39 is 5.97 Å². The maximum Gasteiger partial charge on any atom is 0.323 e. The molecule has 5 heteroatoms. The van der Waals surface area contributed by atoms with Crippen LogP contribution in [0.25, 0.3) is 0 Å². The normalized spacial score (nSPS) is 10.1. The van der Waals surface area contributed by atoms with Crippen LogP contribution < -0.4 is 0 Å². The molecule has 1 amide bonds. The van der Waals surface area contributed by atoms with Gasteiger partial charge < -0.3 is 14.4 Å². The summed E-state index contributed by atoms with van der Waals surface area (Å²) in [4.78, 5) is 23.7. The molecule has 0 fully saturated rings. The van der Waals surface area contributed by atoms with Gasteiger partial charge in [-0.1, -0.05) is 6.92 Å². The van der Waals surface area contributed by atoms with Crippen molar-refractivity contribution < 1.29 is 19.1 Å². The van der Waals surface area contributed by atoms with E-state index in [9.17, 15) is 9.59 Å². The molecule has 16 heavy (non-hydrogen) atoms. The van der Waals surface area contributed by atoms with Gasteiger partial charge in [0.25, 0.3) is 5.91 Å². The molecule has 1 aromatic heterocycles. The summed E-state index contributed by atoms with van der Waals surface area (Å²) < 4.78 is 5.17. The summed E-state index contributed by atoms with van der Waals surface area (Å²) in [5.41, 5.74) is 0. The number of nitrogens with zero attached hydrogens (tertiary/aromatic N) is 1. The lowest BCUT2D eigenvalue weighted by atomic mass is 10.3. The number of carboxylic acids is 1. The lowest BCUT2D eigenvalue weighted by Crippen LogP contribution is -2.36. The molecule has 5 nitrogen and oxygen atoms in total. The Hall–Kier alpha value is -1.78. The Morgan fingerprint density at radius 1 is 1.44 bits per heavy atom. The highest BCUT2D eigenvalue weighted by Crippen LogP contribution is 2.10. The summed E-state index contributed by atoms with van der Waals surface area (Å²) in [5.74, 6) is -0.579. The molecule has 0 aromatic carbocycles. The second-order valence-corrected chi connectivity index (χ2v) is 3.53. The fourth-order valence-electron chi connectivity index (χ4n) is 1.39. The first-order valence-corrected chi connectivity index (χ1v) is 5.12. The van der Waals surface area contributed by atoms with Crippen molar-refractivity contribution in [3.8, 4) is 0 Å². The van der Waals surface area contributed by atoms with Crippen LogP contribution in [0.1, 0.15) is 29.7 Å². The van der Waals surface area contributed by atoms with Crippen LogP contribution in [-0.4, -0.2) is 35.0 Å². The maximum atomic E-state index is 11.9. The summed E-state index contributed by atoms with van der Waals surface area (Å²) in [6.07, 6.45) is 0.707. The zero-order valence-corrected chi connectivity index (χ0v) is 9.40. The van der Waals surface area contributed by atoms with Crippen molar-refractivity contribution in [2.45, 2.75) is 20.3 Å². The summed E-state index contributed by atoms with van der Waals surface area (Å²) in [6, 6.07) is 3.24. The number of aliphatic carboxylic acids is 1. The summed E-state index contributed by atoms with van der Waals surface area (Å²) in [6.45, 7) is 3.73. The van der Waals surface area contributed by atoms with Gasteiger partial charge in [0.1, 0.15) is 12.3 Å². The SMILES string of the molecule is CCCN(CC(=O)O)C(=O)c1ccc(C)o1. The number of carbonyl (C=O) groups excluding carboxylic acids is 1. The van der Waals surface area contributed by atoms with E-state index in [1.54, 1.807) is 19.1 Å². The van der Waals surface area contributed by atoms with E-state index in [-0.39, 0.29) is 18.2 Å². The van der Waals surface area contributed by atoms with E-state index in [4.69, 9.17) is 9.52 Å². The Labute approximate surface area is 93.7 Å². The predicted octanol–water partition coefficient (Wildman–Crippen LogP) is 1.52. The smallest absolute Gasteiger partial charge is 0.323 e. The minimum atomic E-state index is -1.02. The Morgan fingerprint density at radius 3 is 2.56 bits per heavy atom. The molecule has 1 aromatic rings. The van der Waals surface area contributed by atoms with Crippen LogP contribution in [0.3, 0.4) is 0 Å². The van der Waals surface area contributed by atoms with E-state index in [1.165, 1.54) is 4.90 Å². The molecule has 0 aliphatic heterocycles. The number of aryl methyl sites for hydroxylation is 1. The predicted molar refractivity (Wildman–Crippen MR) is 57.3 cm³/mol. The van der Waals surface area contributed by atoms with Crippen molar-refractivity contribution in [3.63, 3.8) is 0 Å². The highest BCUT2D eigenvalue weighted by atomic mass is 16.4. The zero-order valence-electron chi connectivity index (χ0n) is 9.40. The number of rotatable bonds is 5. The van der Waals surface area contributed by atoms with Crippen LogP contribution in [0, 0.1) is 6.92 Å². The molecule has 0 saturated carbocycles. The molecule has 0 radical (unpaired) electrons. The Balaban J connectivity index is 2.78. The van der Waals surface area contributed by atoms with Gasteiger partial charge in [-0.3, -0.25) is 9.59 Å². The molecule has 0 atom stereocenters. The summed E-state index contributed by atoms with van der Waals surface area (Å²) in [7, 11) is 0. The van der Waals surface area contributed by atoms with Crippen LogP contribution in [-0.2, 0) is 4.79 Å². The van der Waals surface area contributed by atoms with Crippen molar-refractivity contribution >= 4 is 11.9 Å². The molecule has 0 saturated heterocycles. The standard InChI is InChI=1S/C11H15NO4/c1-3-6-12(7-10(13)14)11(15)9-5-4-8(2)16-9/h4-5H,3,6-7H2,1-2H3,(H,13,14). The molecule has 1 rings (SSSR count). The van der Waals surface area contributed by atoms with Crippen molar-refractivity contribution in [2.24, 2.45) is 0 Å². The van der Waals surface area contributed by atoms with E-state index in [2.05, 4.69) is 0 Å². The van der Waals surface area contributed by atoms with Gasteiger partial charge in [0, 0.05) is 6.54 Å². The number of hydrogen-bond acceptors (Lipinski definition) is 3. The third-order valence-electron chi connectivity index (χ3n) is 2.06. The number of amides is 1. The summed E-state index contributed by atoms with van der Waals surface area (Å²) in [5, 5.41) is 8.69. The molecular formula is C11H15NO4. The fourth-order valence-corrected chi connectivity index (χ4v) is 1.39. The molecule has 1 N–H and O–H groups in total. The highest BCUT2D eigenvalue weighted by molar-refractivity contribution is 5.93. The molecule has 88 valence electrons. The number of furan rings is 1. The van der Waals surface area contributed by atoms with Gasteiger partial charge in [0.15, 0.2) is 5.76 Å². The maximum absolute atomic E-state index is 11.9. The highest BCUT2D eigenvalue weighted by Gasteiger charge is 2.20. The quantitative estimate of drug-likeness (QED) is 0.824. The van der Waals surface area contributed by atoms with Crippen molar-refractivity contribution in [2.75, 3.05) is 13.1 Å². The Bertz CT molecular complexity index is 383. The molecule has 0 aliphatic rings. The molecule has 0 spiro atoms. The van der Waals surface area contributed by atoms with Gasteiger partial charge in [-0.05, 0) is 25.5 Å². The first-order valence-electron chi connectivity index (χ1n) is 5.12. The van der Waals surface area contributed by atoms with Crippen LogP contribution in [0.5, 0.6) is 0 Å². The molecule has 0 aliphatic carbocycles. The first kappa shape index (κ1) is 12.3. The van der Waals surface area contributed by atoms with E-state index in [0.717, 1.165) is 0 Å². The Kier molecular flexibility index (Phi) is 4.10. The number of carbonyl (C=O) groups is 2. The fraction of sp³-hybridized carbons (Fsp3) is 0.455. The van der Waals surface area contributed by atoms with Crippen molar-refractivity contribution in [3.05, 3.63) is 23.7 Å². The lowest BCUT2D eigenvalue weighted by Gasteiger charge is -2.18. The van der Waals surface area contributed by atoms with E-state index in [1.807, 2.05) is 6.92 Å². The van der Waals surface area contributed by atoms with E-state index in [0.29, 0.717) is 18.7 Å². The average Bonchev–Trinajstić information content (AvgIpc) is 2.62. The second-order valence-electron chi connectivity index (χ2n) is 3.53. The van der Waals surface area contributed by atoms with Gasteiger partial charge in [-0.15, -0.1) is 0 Å². The molecule has 1 heterocycles. The minimum absolute atomic E-state index is 0.187. The molecular weight excluding hydrogens is 210 g/mol. The van der Waals surface area contributed by atoms with Gasteiger partial charge in [-0.25, -0.2) is 0 Å². The van der Waals surface area contributed by atoms with E-state index >= 15 is 0 Å². The second kappa shape index (κ2) is 5.34. The number of hydrogen-bond donors (Lipinski definition) is 1. The third-order valence-corrected chi connectivity index (χ3v) is 2.06. The topological polar surface area (TPSA) is 70.8 Å². The lowest BCUT2D eigenvalue weighted by molar-refractivity contribution is -0.137. The van der Waals surface area contributed by atoms with Gasteiger partial charge in [-0.2, -0.15) is 0 Å². The monoisotopic (exact) mass is 225 g/mol. The number of carboxylic acid groups (broad SMARTS) is 1. The molecule has 0 bridgehead atoms. The Morgan fingerprint density at radius 2 is 2.12 bits per heavy atom. The molecule has 0 unspecified atom stereocenters. The largest absolute Gasteiger partial charge is 0.480 e. The van der Waals surface area contributed by atoms with Gasteiger partial charge in [0.2, 0.25) is 0 Å². The summed E-state index contributed by atoms with van der Waals surface area (Å²) >= 11 is 0. The third kappa shape index (κ3) is 3.12. The van der Waals surface area contributed by atoms with Crippen LogP contribution >= 0.6 is 0 Å².